The normalized spacial score (nSPS) is 14.2. The van der Waals surface area contributed by atoms with Gasteiger partial charge >= 0.3 is 223 Å². The zero-order chi connectivity index (χ0) is 31.8. The summed E-state index contributed by atoms with van der Waals surface area (Å²) in [4.78, 5) is 26.5. The quantitative estimate of drug-likeness (QED) is 0.0760. The van der Waals surface area contributed by atoms with E-state index in [4.69, 9.17) is 3.97 Å². The number of unbranched alkanes of at least 4 members (excludes halogenated alkanes) is 7. The Hall–Kier alpha value is -3.64. The molecule has 0 N–H and O–H groups in total. The summed E-state index contributed by atoms with van der Waals surface area (Å²) < 4.78 is 32.9. The summed E-state index contributed by atoms with van der Waals surface area (Å²) in [5, 5.41) is 2.72. The van der Waals surface area contributed by atoms with Crippen LogP contribution in [-0.4, -0.2) is 44.1 Å². The number of benzene rings is 4. The Morgan fingerprint density at radius 1 is 0.533 bits per heavy atom. The van der Waals surface area contributed by atoms with Crippen LogP contribution in [0.25, 0.3) is 0 Å². The first kappa shape index (κ1) is 32.7. The van der Waals surface area contributed by atoms with Crippen LogP contribution in [-0.2, 0) is 14.1 Å². The molecule has 2 amide bonds. The molecule has 1 aliphatic heterocycles. The summed E-state index contributed by atoms with van der Waals surface area (Å²) in [5.41, 5.74) is 1.01. The molecule has 0 saturated carbocycles. The standard InChI is InChI=1S/C37H42NO5PS/c1-45(41,42)43-44(31-21-11-8-12-22-31,32-23-13-9-14-24-32,33-25-15-10-16-26-33)30-20-7-5-3-2-4-6-19-29-38-36(39)34-27-17-18-28-35(34)37(38)40/h8-18,21-28H,2-7,19-20,29-30H2,1H3. The molecule has 1 heterocycles. The van der Waals surface area contributed by atoms with Crippen LogP contribution in [0.2, 0.25) is 0 Å². The van der Waals surface area contributed by atoms with Crippen LogP contribution in [0, 0.1) is 0 Å². The van der Waals surface area contributed by atoms with E-state index in [-0.39, 0.29) is 11.8 Å². The number of carbonyl (C=O) groups is 2. The van der Waals surface area contributed by atoms with Crippen molar-refractivity contribution in [2.45, 2.75) is 51.4 Å². The van der Waals surface area contributed by atoms with E-state index in [1.807, 2.05) is 91.0 Å². The minimum atomic E-state index is -3.92. The molecule has 0 unspecified atom stereocenters. The zero-order valence-corrected chi connectivity index (χ0v) is 27.6. The van der Waals surface area contributed by atoms with Gasteiger partial charge in [0.15, 0.2) is 0 Å². The molecule has 236 valence electrons. The predicted molar refractivity (Wildman–Crippen MR) is 185 cm³/mol. The first-order chi connectivity index (χ1) is 21.8. The molecule has 0 radical (unpaired) electrons. The molecule has 0 bridgehead atoms. The molecular formula is C37H42NO5PS. The van der Waals surface area contributed by atoms with Gasteiger partial charge in [0, 0.05) is 0 Å². The fourth-order valence-corrected chi connectivity index (χ4v) is 15.3. The van der Waals surface area contributed by atoms with Crippen molar-refractivity contribution in [3.63, 3.8) is 0 Å². The molecular weight excluding hydrogens is 601 g/mol. The molecule has 5 rings (SSSR count). The Labute approximate surface area is 267 Å². The molecule has 0 aromatic heterocycles. The van der Waals surface area contributed by atoms with Gasteiger partial charge in [0.25, 0.3) is 0 Å². The summed E-state index contributed by atoms with van der Waals surface area (Å²) in [5.74, 6) is -0.372. The molecule has 0 atom stereocenters. The average molecular weight is 644 g/mol. The van der Waals surface area contributed by atoms with Gasteiger partial charge in [0.1, 0.15) is 0 Å². The van der Waals surface area contributed by atoms with E-state index >= 15 is 0 Å². The third kappa shape index (κ3) is 6.81. The molecule has 6 nitrogen and oxygen atoms in total. The van der Waals surface area contributed by atoms with Crippen molar-refractivity contribution in [3.8, 4) is 0 Å². The van der Waals surface area contributed by atoms with E-state index in [0.717, 1.165) is 73.5 Å². The predicted octanol–water partition coefficient (Wildman–Crippen LogP) is 6.82. The number of hydrogen-bond donors (Lipinski definition) is 0. The van der Waals surface area contributed by atoms with Gasteiger partial charge in [-0.15, -0.1) is 0 Å². The van der Waals surface area contributed by atoms with Gasteiger partial charge in [0.2, 0.25) is 0 Å². The zero-order valence-electron chi connectivity index (χ0n) is 25.9. The van der Waals surface area contributed by atoms with E-state index in [2.05, 4.69) is 0 Å². The van der Waals surface area contributed by atoms with Gasteiger partial charge in [-0.05, 0) is 12.1 Å². The van der Waals surface area contributed by atoms with Crippen LogP contribution >= 0.6 is 6.83 Å². The van der Waals surface area contributed by atoms with E-state index in [0.29, 0.717) is 23.8 Å². The molecule has 4 aromatic rings. The minimum absolute atomic E-state index is 0.186. The van der Waals surface area contributed by atoms with Gasteiger partial charge in [-0.2, -0.15) is 0 Å². The van der Waals surface area contributed by atoms with Crippen LogP contribution < -0.4 is 15.9 Å². The molecule has 4 aromatic carbocycles. The number of fused-ring (bicyclic) bond motifs is 1. The summed E-state index contributed by atoms with van der Waals surface area (Å²) >= 11 is 0. The number of hydrogen-bond acceptors (Lipinski definition) is 5. The maximum absolute atomic E-state index is 13.2. The van der Waals surface area contributed by atoms with Crippen molar-refractivity contribution >= 4 is 44.7 Å². The molecule has 0 saturated heterocycles. The third-order valence-electron chi connectivity index (χ3n) is 8.80. The van der Waals surface area contributed by atoms with Crippen molar-refractivity contribution < 1.29 is 22.0 Å². The molecule has 1 aliphatic rings. The van der Waals surface area contributed by atoms with Gasteiger partial charge in [0.05, 0.1) is 11.1 Å². The second kappa shape index (κ2) is 14.2. The monoisotopic (exact) mass is 643 g/mol. The van der Waals surface area contributed by atoms with E-state index in [1.165, 1.54) is 4.90 Å². The van der Waals surface area contributed by atoms with Gasteiger partial charge in [-0.3, -0.25) is 9.59 Å². The fourth-order valence-electron chi connectivity index (χ4n) is 6.72. The number of rotatable bonds is 16. The molecule has 0 fully saturated rings. The first-order valence-corrected chi connectivity index (χ1v) is 20.0. The Morgan fingerprint density at radius 3 is 1.29 bits per heavy atom. The van der Waals surface area contributed by atoms with Gasteiger partial charge in [-0.1, -0.05) is 12.1 Å². The van der Waals surface area contributed by atoms with Crippen molar-refractivity contribution in [1.82, 2.24) is 4.90 Å². The van der Waals surface area contributed by atoms with Crippen LogP contribution in [0.15, 0.2) is 115 Å². The maximum atomic E-state index is 13.2. The van der Waals surface area contributed by atoms with Crippen LogP contribution in [0.3, 0.4) is 0 Å². The summed E-state index contributed by atoms with van der Waals surface area (Å²) in [7, 11) is -3.86. The fraction of sp³-hybridized carbons (Fsp3) is 0.297. The summed E-state index contributed by atoms with van der Waals surface area (Å²) in [6.45, 7) is -3.46. The van der Waals surface area contributed by atoms with Crippen LogP contribution in [0.1, 0.15) is 72.1 Å². The van der Waals surface area contributed by atoms with E-state index in [9.17, 15) is 18.0 Å². The molecule has 8 heteroatoms. The van der Waals surface area contributed by atoms with Crippen LogP contribution in [0.4, 0.5) is 0 Å². The van der Waals surface area contributed by atoms with Crippen LogP contribution in [0.5, 0.6) is 0 Å². The Kier molecular flexibility index (Phi) is 10.3. The Balaban J connectivity index is 1.22. The number of imide groups is 1. The van der Waals surface area contributed by atoms with E-state index < -0.39 is 16.9 Å². The van der Waals surface area contributed by atoms with Gasteiger partial charge < -0.3 is 0 Å². The van der Waals surface area contributed by atoms with Crippen molar-refractivity contribution in [1.29, 1.82) is 0 Å². The molecule has 0 aliphatic carbocycles. The second-order valence-corrected chi connectivity index (χ2v) is 18.3. The number of amides is 2. The second-order valence-electron chi connectivity index (χ2n) is 11.9. The molecule has 45 heavy (non-hydrogen) atoms. The van der Waals surface area contributed by atoms with E-state index in [1.54, 1.807) is 24.3 Å². The number of nitrogens with zero attached hydrogens (tertiary/aromatic N) is 1. The SMILES string of the molecule is CS(=O)(=O)OP(CCCCCCCCCCN1C(=O)c2ccccc2C1=O)(c1ccccc1)(c1ccccc1)c1ccccc1. The topological polar surface area (TPSA) is 80.8 Å². The van der Waals surface area contributed by atoms with Crippen molar-refractivity contribution in [2.24, 2.45) is 0 Å². The average Bonchev–Trinajstić information content (AvgIpc) is 3.30. The third-order valence-corrected chi connectivity index (χ3v) is 16.5. The Morgan fingerprint density at radius 2 is 0.889 bits per heavy atom. The molecule has 0 spiro atoms. The van der Waals surface area contributed by atoms with Gasteiger partial charge in [-0.25, -0.2) is 0 Å². The number of carbonyl (C=O) groups excluding carboxylic acids is 2. The van der Waals surface area contributed by atoms with Crippen molar-refractivity contribution in [3.05, 3.63) is 126 Å². The summed E-state index contributed by atoms with van der Waals surface area (Å²) in [6.07, 6.45) is 9.48. The Bertz CT molecular complexity index is 1580. The first-order valence-electron chi connectivity index (χ1n) is 15.8. The van der Waals surface area contributed by atoms with Crippen molar-refractivity contribution in [2.75, 3.05) is 19.0 Å². The summed E-state index contributed by atoms with van der Waals surface area (Å²) in [6, 6.07) is 36.7.